The molecule has 10 aromatic carbocycles. The Hall–Kier alpha value is -6.96. The molecule has 1 aromatic heterocycles. The van der Waals surface area contributed by atoms with Gasteiger partial charge in [0.25, 0.3) is 0 Å². The molecule has 11 aromatic rings. The van der Waals surface area contributed by atoms with E-state index in [1.54, 1.807) is 0 Å². The highest BCUT2D eigenvalue weighted by Crippen LogP contribution is 2.47. The second-order valence-corrected chi connectivity index (χ2v) is 13.5. The molecule has 1 heteroatoms. The molecule has 0 amide bonds. The van der Waals surface area contributed by atoms with Gasteiger partial charge in [-0.2, -0.15) is 0 Å². The summed E-state index contributed by atoms with van der Waals surface area (Å²) in [6, 6.07) is 50.8. The lowest BCUT2D eigenvalue weighted by Crippen LogP contribution is -1.92. The summed E-state index contributed by atoms with van der Waals surface area (Å²) in [4.78, 5) is 0. The minimum absolute atomic E-state index is 0.122. The second-order valence-electron chi connectivity index (χ2n) is 13.5. The maximum absolute atomic E-state index is 9.92. The molecule has 0 aliphatic carbocycles. The lowest BCUT2D eigenvalue weighted by molar-refractivity contribution is 0.669. The van der Waals surface area contributed by atoms with Crippen LogP contribution in [-0.4, -0.2) is 0 Å². The predicted molar refractivity (Wildman–Crippen MR) is 225 cm³/mol. The third-order valence-electron chi connectivity index (χ3n) is 10.6. The fourth-order valence-corrected chi connectivity index (χ4v) is 8.32. The Labute approximate surface area is 315 Å². The highest BCUT2D eigenvalue weighted by molar-refractivity contribution is 6.25. The van der Waals surface area contributed by atoms with Gasteiger partial charge in [-0.15, -0.1) is 0 Å². The van der Waals surface area contributed by atoms with Gasteiger partial charge in [0.2, 0.25) is 0 Å². The Morgan fingerprint density at radius 3 is 1.68 bits per heavy atom. The zero-order chi connectivity index (χ0) is 40.1. The largest absolute Gasteiger partial charge is 0.456 e. The molecule has 53 heavy (non-hydrogen) atoms. The number of furan rings is 1. The molecule has 0 unspecified atom stereocenters. The first kappa shape index (κ1) is 24.3. The summed E-state index contributed by atoms with van der Waals surface area (Å²) in [5, 5.41) is 7.71. The van der Waals surface area contributed by atoms with Crippen molar-refractivity contribution in [3.05, 3.63) is 194 Å². The molecular formula is C52H32O. The van der Waals surface area contributed by atoms with E-state index in [0.717, 1.165) is 60.0 Å². The molecule has 0 N–H and O–H groups in total. The average Bonchev–Trinajstić information content (AvgIpc) is 3.66. The number of benzene rings is 10. The van der Waals surface area contributed by atoms with Crippen LogP contribution in [0.25, 0.3) is 110 Å². The molecule has 0 aliphatic heterocycles. The van der Waals surface area contributed by atoms with E-state index in [9.17, 15) is 5.48 Å². The molecule has 1 heterocycles. The summed E-state index contributed by atoms with van der Waals surface area (Å²) in [5.74, 6) is 0. The monoisotopic (exact) mass is 678 g/mol. The van der Waals surface area contributed by atoms with E-state index in [1.807, 2.05) is 103 Å². The maximum Gasteiger partial charge on any atom is 0.136 e. The Bertz CT molecular complexity index is 3510. The van der Waals surface area contributed by atoms with Crippen molar-refractivity contribution in [3.8, 4) is 44.5 Å². The molecule has 246 valence electrons. The van der Waals surface area contributed by atoms with Crippen LogP contribution in [0, 0.1) is 0 Å². The Morgan fingerprint density at radius 2 is 0.925 bits per heavy atom. The number of fused-ring (bicyclic) bond motifs is 7. The first-order chi connectivity index (χ1) is 28.8. The van der Waals surface area contributed by atoms with E-state index in [0.29, 0.717) is 33.2 Å². The van der Waals surface area contributed by atoms with Gasteiger partial charge in [-0.3, -0.25) is 0 Å². The quantitative estimate of drug-likeness (QED) is 0.169. The van der Waals surface area contributed by atoms with E-state index in [-0.39, 0.29) is 40.5 Å². The lowest BCUT2D eigenvalue weighted by atomic mass is 9.83. The zero-order valence-electron chi connectivity index (χ0n) is 34.4. The first-order valence-electron chi connectivity index (χ1n) is 20.8. The van der Waals surface area contributed by atoms with Gasteiger partial charge >= 0.3 is 0 Å². The molecule has 0 spiro atoms. The second kappa shape index (κ2) is 11.8. The van der Waals surface area contributed by atoms with E-state index < -0.39 is 12.1 Å². The molecule has 0 atom stereocenters. The molecule has 0 saturated heterocycles. The molecule has 11 rings (SSSR count). The Kier molecular flexibility index (Phi) is 5.40. The summed E-state index contributed by atoms with van der Waals surface area (Å²) in [7, 11) is 0. The number of rotatable bonds is 4. The summed E-state index contributed by atoms with van der Waals surface area (Å²) in [5.41, 5.74) is 7.14. The minimum atomic E-state index is -0.398. The molecule has 0 fully saturated rings. The molecule has 1 nitrogen and oxygen atoms in total. The van der Waals surface area contributed by atoms with Gasteiger partial charge in [0, 0.05) is 10.8 Å². The predicted octanol–water partition coefficient (Wildman–Crippen LogP) is 14.9. The van der Waals surface area contributed by atoms with Crippen molar-refractivity contribution in [2.45, 2.75) is 0 Å². The lowest BCUT2D eigenvalue weighted by Gasteiger charge is -2.19. The fraction of sp³-hybridized carbons (Fsp3) is 0. The number of hydrogen-bond acceptors (Lipinski definition) is 1. The Balaban J connectivity index is 1.24. The van der Waals surface area contributed by atoms with Crippen molar-refractivity contribution in [2.24, 2.45) is 0 Å². The average molecular weight is 679 g/mol. The summed E-state index contributed by atoms with van der Waals surface area (Å²) in [6.45, 7) is 0. The van der Waals surface area contributed by atoms with Crippen molar-refractivity contribution in [1.29, 1.82) is 0 Å². The first-order valence-corrected chi connectivity index (χ1v) is 17.8. The van der Waals surface area contributed by atoms with Crippen LogP contribution in [0.3, 0.4) is 0 Å². The fourth-order valence-electron chi connectivity index (χ4n) is 8.32. The van der Waals surface area contributed by atoms with Crippen LogP contribution in [0.4, 0.5) is 0 Å². The van der Waals surface area contributed by atoms with Crippen molar-refractivity contribution in [2.75, 3.05) is 0 Å². The topological polar surface area (TPSA) is 13.1 Å². The molecular weight excluding hydrogens is 641 g/mol. The zero-order valence-corrected chi connectivity index (χ0v) is 28.4. The molecule has 0 radical (unpaired) electrons. The Morgan fingerprint density at radius 1 is 0.340 bits per heavy atom. The van der Waals surface area contributed by atoms with Gasteiger partial charge < -0.3 is 4.42 Å². The van der Waals surface area contributed by atoms with Crippen LogP contribution < -0.4 is 0 Å². The van der Waals surface area contributed by atoms with Gasteiger partial charge in [-0.1, -0.05) is 176 Å². The van der Waals surface area contributed by atoms with Crippen LogP contribution >= 0.6 is 0 Å². The molecule has 0 saturated carbocycles. The highest BCUT2D eigenvalue weighted by Gasteiger charge is 2.20. The third kappa shape index (κ3) is 4.58. The van der Waals surface area contributed by atoms with Crippen LogP contribution in [0.15, 0.2) is 198 Å². The minimum Gasteiger partial charge on any atom is -0.456 e. The maximum atomic E-state index is 9.92. The highest BCUT2D eigenvalue weighted by atomic mass is 16.3. The van der Waals surface area contributed by atoms with Gasteiger partial charge in [0.1, 0.15) is 11.2 Å². The van der Waals surface area contributed by atoms with E-state index in [2.05, 4.69) is 54.6 Å². The van der Waals surface area contributed by atoms with Crippen LogP contribution in [0.2, 0.25) is 0 Å². The van der Waals surface area contributed by atoms with Crippen LogP contribution in [0.1, 0.15) is 8.22 Å². The van der Waals surface area contributed by atoms with Crippen molar-refractivity contribution in [1.82, 2.24) is 0 Å². The SMILES string of the molecule is [2H]c1c([2H])c([2H])c2c(-c3cccc4oc5cc(-c6cccc7ccccc67)ccc5c34)c([2H])c([2H])c(-c3c4ccccc4c(-c4ccccc4)c4ccccc34)c2c1[2H]. The van der Waals surface area contributed by atoms with E-state index >= 15 is 0 Å². The van der Waals surface area contributed by atoms with E-state index in [1.165, 1.54) is 0 Å². The summed E-state index contributed by atoms with van der Waals surface area (Å²) in [6.07, 6.45) is 0. The van der Waals surface area contributed by atoms with Gasteiger partial charge in [-0.05, 0) is 106 Å². The number of hydrogen-bond donors (Lipinski definition) is 0. The third-order valence-corrected chi connectivity index (χ3v) is 10.6. The van der Waals surface area contributed by atoms with Crippen LogP contribution in [-0.2, 0) is 0 Å². The standard InChI is InChI=1S/C52H32O/c1-2-15-34(16-3-1)50-42-21-8-10-23-44(42)51(45-24-11-9-22-43(45)50)46-31-30-40(38-19-6-7-20-39(38)46)41-26-13-27-48-52(41)47-29-28-35(32-49(47)53-48)37-25-12-17-33-14-4-5-18-36(33)37/h1-32H/i6D,7D,19D,20D,30D,31D. The van der Waals surface area contributed by atoms with Gasteiger partial charge in [-0.25, -0.2) is 0 Å². The van der Waals surface area contributed by atoms with Crippen molar-refractivity contribution in [3.63, 3.8) is 0 Å². The van der Waals surface area contributed by atoms with Gasteiger partial charge in [0.15, 0.2) is 0 Å². The van der Waals surface area contributed by atoms with Crippen molar-refractivity contribution < 1.29 is 12.6 Å². The van der Waals surface area contributed by atoms with E-state index in [4.69, 9.17) is 7.16 Å². The summed E-state index contributed by atoms with van der Waals surface area (Å²) >= 11 is 0. The summed E-state index contributed by atoms with van der Waals surface area (Å²) < 4.78 is 63.2. The molecule has 0 aliphatic rings. The normalized spacial score (nSPS) is 13.4. The van der Waals surface area contributed by atoms with Crippen LogP contribution in [0.5, 0.6) is 0 Å². The van der Waals surface area contributed by atoms with Crippen molar-refractivity contribution >= 4 is 65.0 Å². The molecule has 0 bridgehead atoms. The smallest absolute Gasteiger partial charge is 0.136 e. The van der Waals surface area contributed by atoms with Gasteiger partial charge in [0.05, 0.1) is 8.22 Å².